The molecular formula is C33H40N4O6. The maximum atomic E-state index is 13.4. The lowest BCUT2D eigenvalue weighted by molar-refractivity contribution is -0.122. The topological polar surface area (TPSA) is 108 Å². The number of amides is 4. The Labute approximate surface area is 253 Å². The fraction of sp³-hybridized carbons (Fsp3) is 0.333. The predicted octanol–water partition coefficient (Wildman–Crippen LogP) is 4.87. The number of hydrogen-bond donors (Lipinski definition) is 1. The lowest BCUT2D eigenvalue weighted by atomic mass is 10.1. The lowest BCUT2D eigenvalue weighted by Crippen LogP contribution is -2.46. The van der Waals surface area contributed by atoms with Gasteiger partial charge in [-0.2, -0.15) is 0 Å². The van der Waals surface area contributed by atoms with Crippen LogP contribution in [0.5, 0.6) is 5.75 Å². The van der Waals surface area contributed by atoms with Gasteiger partial charge in [-0.05, 0) is 82.1 Å². The molecule has 0 aliphatic heterocycles. The molecule has 10 nitrogen and oxygen atoms in total. The second-order valence-corrected chi connectivity index (χ2v) is 11.2. The molecule has 0 unspecified atom stereocenters. The van der Waals surface area contributed by atoms with Crippen LogP contribution >= 0.6 is 0 Å². The van der Waals surface area contributed by atoms with E-state index >= 15 is 0 Å². The van der Waals surface area contributed by atoms with Crippen molar-refractivity contribution in [2.45, 2.75) is 40.2 Å². The first kappa shape index (κ1) is 32.7. The fourth-order valence-corrected chi connectivity index (χ4v) is 4.19. The van der Waals surface area contributed by atoms with Crippen LogP contribution in [-0.2, 0) is 19.1 Å². The van der Waals surface area contributed by atoms with Gasteiger partial charge in [0.2, 0.25) is 11.8 Å². The molecular weight excluding hydrogens is 548 g/mol. The van der Waals surface area contributed by atoms with Crippen LogP contribution in [0, 0.1) is 13.8 Å². The highest BCUT2D eigenvalue weighted by Crippen LogP contribution is 2.23. The van der Waals surface area contributed by atoms with E-state index in [1.54, 1.807) is 71.3 Å². The number of ether oxygens (including phenoxy) is 2. The Balaban J connectivity index is 1.77. The molecule has 0 aromatic heterocycles. The number of aryl methyl sites for hydroxylation is 2. The first-order valence-corrected chi connectivity index (χ1v) is 13.9. The average Bonchev–Trinajstić information content (AvgIpc) is 2.95. The molecule has 0 fully saturated rings. The van der Waals surface area contributed by atoms with Gasteiger partial charge in [0.1, 0.15) is 24.4 Å². The van der Waals surface area contributed by atoms with Crippen LogP contribution in [0.25, 0.3) is 0 Å². The minimum Gasteiger partial charge on any atom is -0.484 e. The third-order valence-electron chi connectivity index (χ3n) is 6.35. The van der Waals surface area contributed by atoms with E-state index in [-0.39, 0.29) is 25.0 Å². The number of anilines is 3. The third-order valence-corrected chi connectivity index (χ3v) is 6.35. The van der Waals surface area contributed by atoms with Gasteiger partial charge in [-0.1, -0.05) is 30.3 Å². The van der Waals surface area contributed by atoms with Gasteiger partial charge < -0.3 is 29.5 Å². The molecule has 0 spiro atoms. The highest BCUT2D eigenvalue weighted by molar-refractivity contribution is 6.04. The Morgan fingerprint density at radius 1 is 0.721 bits per heavy atom. The zero-order chi connectivity index (χ0) is 31.7. The first-order chi connectivity index (χ1) is 20.2. The molecule has 0 heterocycles. The molecule has 0 aliphatic rings. The maximum absolute atomic E-state index is 13.4. The van der Waals surface area contributed by atoms with Crippen molar-refractivity contribution in [3.8, 4) is 5.75 Å². The number of hydrogen-bond acceptors (Lipinski definition) is 6. The van der Waals surface area contributed by atoms with E-state index in [2.05, 4.69) is 5.32 Å². The number of benzene rings is 3. The fourth-order valence-electron chi connectivity index (χ4n) is 4.19. The summed E-state index contributed by atoms with van der Waals surface area (Å²) in [6, 6.07) is 21.5. The highest BCUT2D eigenvalue weighted by atomic mass is 16.6. The Hall–Kier alpha value is -4.86. The van der Waals surface area contributed by atoms with Gasteiger partial charge in [0.25, 0.3) is 5.91 Å². The van der Waals surface area contributed by atoms with Gasteiger partial charge in [-0.3, -0.25) is 14.4 Å². The Morgan fingerprint density at radius 2 is 1.33 bits per heavy atom. The van der Waals surface area contributed by atoms with Gasteiger partial charge >= 0.3 is 6.09 Å². The van der Waals surface area contributed by atoms with Crippen LogP contribution in [-0.4, -0.2) is 63.2 Å². The molecule has 3 rings (SSSR count). The molecule has 0 aliphatic carbocycles. The van der Waals surface area contributed by atoms with E-state index in [4.69, 9.17) is 9.47 Å². The second kappa shape index (κ2) is 14.4. The highest BCUT2D eigenvalue weighted by Gasteiger charge is 2.24. The van der Waals surface area contributed by atoms with Crippen LogP contribution in [0.1, 0.15) is 31.9 Å². The molecule has 10 heteroatoms. The van der Waals surface area contributed by atoms with E-state index in [9.17, 15) is 19.2 Å². The Morgan fingerprint density at radius 3 is 1.95 bits per heavy atom. The van der Waals surface area contributed by atoms with E-state index in [0.29, 0.717) is 17.1 Å². The number of alkyl carbamates (subject to hydrolysis) is 1. The van der Waals surface area contributed by atoms with Gasteiger partial charge in [0.15, 0.2) is 6.61 Å². The lowest BCUT2D eigenvalue weighted by Gasteiger charge is -2.26. The summed E-state index contributed by atoms with van der Waals surface area (Å²) in [6.07, 6.45) is -0.753. The number of carbonyl (C=O) groups is 4. The minimum atomic E-state index is -0.753. The van der Waals surface area contributed by atoms with Crippen molar-refractivity contribution in [1.29, 1.82) is 0 Å². The molecule has 0 atom stereocenters. The number of nitrogens with zero attached hydrogens (tertiary/aromatic N) is 3. The largest absolute Gasteiger partial charge is 0.484 e. The van der Waals surface area contributed by atoms with Crippen LogP contribution in [0.3, 0.4) is 0 Å². The normalized spacial score (nSPS) is 10.9. The number of rotatable bonds is 10. The molecule has 4 amide bonds. The number of para-hydroxylation sites is 1. The summed E-state index contributed by atoms with van der Waals surface area (Å²) >= 11 is 0. The minimum absolute atomic E-state index is 0.239. The van der Waals surface area contributed by atoms with E-state index in [1.807, 2.05) is 50.2 Å². The molecule has 1 N–H and O–H groups in total. The Bertz CT molecular complexity index is 1430. The van der Waals surface area contributed by atoms with Crippen molar-refractivity contribution in [2.75, 3.05) is 48.5 Å². The van der Waals surface area contributed by atoms with E-state index < -0.39 is 24.1 Å². The Kier molecular flexibility index (Phi) is 10.9. The predicted molar refractivity (Wildman–Crippen MR) is 168 cm³/mol. The van der Waals surface area contributed by atoms with Crippen molar-refractivity contribution in [1.82, 2.24) is 5.32 Å². The van der Waals surface area contributed by atoms with Gasteiger partial charge in [0, 0.05) is 37.2 Å². The SMILES string of the molecule is Cc1cc(C)cc(N(C)C(=O)COc2cccc(N(CC(=O)N(C)c3ccccc3)C(=O)CNC(=O)OC(C)(C)C)c2)c1. The molecule has 3 aromatic rings. The summed E-state index contributed by atoms with van der Waals surface area (Å²) in [4.78, 5) is 56.0. The third kappa shape index (κ3) is 9.88. The number of likely N-dealkylation sites (N-methyl/N-ethyl adjacent to an activating group) is 2. The van der Waals surface area contributed by atoms with Crippen molar-refractivity contribution in [3.05, 3.63) is 83.9 Å². The number of nitrogens with one attached hydrogen (secondary N) is 1. The summed E-state index contributed by atoms with van der Waals surface area (Å²) in [5.74, 6) is -0.817. The van der Waals surface area contributed by atoms with Crippen molar-refractivity contribution < 1.29 is 28.7 Å². The average molecular weight is 589 g/mol. The zero-order valence-electron chi connectivity index (χ0n) is 25.8. The summed E-state index contributed by atoms with van der Waals surface area (Å²) in [7, 11) is 3.31. The zero-order valence-corrected chi connectivity index (χ0v) is 25.8. The summed E-state index contributed by atoms with van der Waals surface area (Å²) in [5.41, 5.74) is 3.13. The van der Waals surface area contributed by atoms with Crippen LogP contribution in [0.2, 0.25) is 0 Å². The van der Waals surface area contributed by atoms with Gasteiger partial charge in [0.05, 0.1) is 0 Å². The smallest absolute Gasteiger partial charge is 0.408 e. The maximum Gasteiger partial charge on any atom is 0.408 e. The standard InChI is InChI=1S/C33H40N4O6/c1-23-16-24(2)18-27(17-23)36(7)31(40)22-42-28-15-11-14-26(19-28)37(29(38)20-34-32(41)43-33(3,4)5)21-30(39)35(6)25-12-9-8-10-13-25/h8-19H,20-22H2,1-7H3,(H,34,41). The summed E-state index contributed by atoms with van der Waals surface area (Å²) < 4.78 is 11.0. The van der Waals surface area contributed by atoms with Crippen molar-refractivity contribution in [2.24, 2.45) is 0 Å². The molecule has 228 valence electrons. The molecule has 0 radical (unpaired) electrons. The van der Waals surface area contributed by atoms with Crippen LogP contribution < -0.4 is 24.8 Å². The molecule has 0 saturated heterocycles. The second-order valence-electron chi connectivity index (χ2n) is 11.2. The first-order valence-electron chi connectivity index (χ1n) is 13.9. The van der Waals surface area contributed by atoms with Gasteiger partial charge in [-0.25, -0.2) is 4.79 Å². The monoisotopic (exact) mass is 588 g/mol. The van der Waals surface area contributed by atoms with Crippen LogP contribution in [0.15, 0.2) is 72.8 Å². The van der Waals surface area contributed by atoms with Crippen LogP contribution in [0.4, 0.5) is 21.9 Å². The van der Waals surface area contributed by atoms with Crippen molar-refractivity contribution >= 4 is 40.9 Å². The summed E-state index contributed by atoms with van der Waals surface area (Å²) in [5, 5.41) is 2.46. The molecule has 0 saturated carbocycles. The molecule has 0 bridgehead atoms. The molecule has 43 heavy (non-hydrogen) atoms. The van der Waals surface area contributed by atoms with Crippen molar-refractivity contribution in [3.63, 3.8) is 0 Å². The molecule has 3 aromatic carbocycles. The summed E-state index contributed by atoms with van der Waals surface area (Å²) in [6.45, 7) is 8.14. The van der Waals surface area contributed by atoms with Gasteiger partial charge in [-0.15, -0.1) is 0 Å². The number of carbonyl (C=O) groups excluding carboxylic acids is 4. The van der Waals surface area contributed by atoms with E-state index in [0.717, 1.165) is 16.8 Å². The van der Waals surface area contributed by atoms with E-state index in [1.165, 1.54) is 14.7 Å². The quantitative estimate of drug-likeness (QED) is 0.362.